The van der Waals surface area contributed by atoms with E-state index in [-0.39, 0.29) is 6.10 Å². The Morgan fingerprint density at radius 3 is 2.68 bits per heavy atom. The number of aromatic amines is 1. The topological polar surface area (TPSA) is 63.7 Å². The molecule has 0 unspecified atom stereocenters. The molecule has 0 aliphatic heterocycles. The third kappa shape index (κ3) is 3.18. The van der Waals surface area contributed by atoms with Crippen LogP contribution in [-0.2, 0) is 0 Å². The number of aromatic nitrogens is 4. The number of rotatable bonds is 6. The first kappa shape index (κ1) is 14.1. The molecule has 2 heterocycles. The molecule has 19 heavy (non-hydrogen) atoms. The molecule has 0 radical (unpaired) electrons. The Hall–Kier alpha value is -1.30. The molecule has 0 saturated carbocycles. The lowest BCUT2D eigenvalue weighted by Crippen LogP contribution is -2.16. The molecule has 0 bridgehead atoms. The van der Waals surface area contributed by atoms with E-state index in [9.17, 15) is 0 Å². The molecule has 0 aliphatic rings. The molecule has 5 nitrogen and oxygen atoms in total. The Morgan fingerprint density at radius 2 is 2.05 bits per heavy atom. The largest absolute Gasteiger partial charge is 0.473 e. The molecule has 1 atom stereocenters. The number of H-pyrrole nitrogens is 1. The summed E-state index contributed by atoms with van der Waals surface area (Å²) in [7, 11) is 0. The van der Waals surface area contributed by atoms with Crippen molar-refractivity contribution in [3.05, 3.63) is 5.82 Å². The molecule has 2 aromatic rings. The van der Waals surface area contributed by atoms with Crippen molar-refractivity contribution in [2.24, 2.45) is 0 Å². The molecule has 0 amide bonds. The number of thioether (sulfide) groups is 1. The van der Waals surface area contributed by atoms with Crippen molar-refractivity contribution in [2.45, 2.75) is 51.3 Å². The smallest absolute Gasteiger partial charge is 0.246 e. The van der Waals surface area contributed by atoms with E-state index in [4.69, 9.17) is 4.74 Å². The average Bonchev–Trinajstić information content (AvgIpc) is 2.81. The zero-order chi connectivity index (χ0) is 13.8. The predicted octanol–water partition coefficient (Wildman–Crippen LogP) is 3.34. The second kappa shape index (κ2) is 6.23. The minimum Gasteiger partial charge on any atom is -0.473 e. The van der Waals surface area contributed by atoms with Crippen LogP contribution in [0.5, 0.6) is 5.88 Å². The summed E-state index contributed by atoms with van der Waals surface area (Å²) < 4.78 is 6.01. The maximum absolute atomic E-state index is 6.01. The molecule has 6 heteroatoms. The number of nitrogens with zero attached hydrogens (tertiary/aromatic N) is 3. The molecular weight excluding hydrogens is 260 g/mol. The Morgan fingerprint density at radius 1 is 1.26 bits per heavy atom. The number of hydrogen-bond donors (Lipinski definition) is 1. The summed E-state index contributed by atoms with van der Waals surface area (Å²) >= 11 is 1.55. The maximum Gasteiger partial charge on any atom is 0.246 e. The van der Waals surface area contributed by atoms with E-state index in [1.807, 2.05) is 13.2 Å². The van der Waals surface area contributed by atoms with E-state index >= 15 is 0 Å². The molecule has 2 aromatic heterocycles. The van der Waals surface area contributed by atoms with Gasteiger partial charge in [0.2, 0.25) is 5.88 Å². The highest BCUT2D eigenvalue weighted by molar-refractivity contribution is 7.98. The molecule has 0 aliphatic carbocycles. The van der Waals surface area contributed by atoms with Gasteiger partial charge in [0.15, 0.2) is 16.3 Å². The predicted molar refractivity (Wildman–Crippen MR) is 77.8 cm³/mol. The van der Waals surface area contributed by atoms with Crippen molar-refractivity contribution >= 4 is 22.9 Å². The van der Waals surface area contributed by atoms with Crippen molar-refractivity contribution in [1.82, 2.24) is 19.9 Å². The monoisotopic (exact) mass is 280 g/mol. The van der Waals surface area contributed by atoms with Gasteiger partial charge in [0, 0.05) is 0 Å². The number of fused-ring (bicyclic) bond motifs is 1. The van der Waals surface area contributed by atoms with Crippen LogP contribution in [0.2, 0.25) is 0 Å². The Labute approximate surface area is 117 Å². The lowest BCUT2D eigenvalue weighted by molar-refractivity contribution is 0.180. The Kier molecular flexibility index (Phi) is 4.63. The van der Waals surface area contributed by atoms with Crippen LogP contribution in [0.3, 0.4) is 0 Å². The second-order valence-electron chi connectivity index (χ2n) is 4.46. The van der Waals surface area contributed by atoms with Gasteiger partial charge in [-0.05, 0) is 26.0 Å². The normalized spacial score (nSPS) is 12.8. The van der Waals surface area contributed by atoms with E-state index < -0.39 is 0 Å². The van der Waals surface area contributed by atoms with Crippen LogP contribution in [0.15, 0.2) is 5.16 Å². The van der Waals surface area contributed by atoms with Crippen molar-refractivity contribution in [1.29, 1.82) is 0 Å². The first-order valence-electron chi connectivity index (χ1n) is 6.62. The number of ether oxygens (including phenoxy) is 1. The third-order valence-corrected chi connectivity index (χ3v) is 3.52. The number of hydrogen-bond acceptors (Lipinski definition) is 5. The summed E-state index contributed by atoms with van der Waals surface area (Å²) in [5.74, 6) is 1.30. The summed E-state index contributed by atoms with van der Waals surface area (Å²) in [6.45, 7) is 6.16. The molecule has 1 N–H and O–H groups in total. The SMILES string of the molecule is CCC[C@H](CC)Oc1nc(C)nc2[nH]c(SC)nc12. The van der Waals surface area contributed by atoms with Gasteiger partial charge >= 0.3 is 0 Å². The minimum absolute atomic E-state index is 0.192. The van der Waals surface area contributed by atoms with E-state index in [2.05, 4.69) is 33.8 Å². The van der Waals surface area contributed by atoms with E-state index in [1.165, 1.54) is 0 Å². The van der Waals surface area contributed by atoms with E-state index in [1.54, 1.807) is 11.8 Å². The van der Waals surface area contributed by atoms with Crippen molar-refractivity contribution in [3.8, 4) is 5.88 Å². The van der Waals surface area contributed by atoms with Crippen molar-refractivity contribution in [3.63, 3.8) is 0 Å². The average molecular weight is 280 g/mol. The number of nitrogens with one attached hydrogen (secondary N) is 1. The summed E-state index contributed by atoms with van der Waals surface area (Å²) in [5, 5.41) is 0.836. The highest BCUT2D eigenvalue weighted by Gasteiger charge is 2.16. The summed E-state index contributed by atoms with van der Waals surface area (Å²) in [5.41, 5.74) is 1.47. The molecule has 0 saturated heterocycles. The van der Waals surface area contributed by atoms with Crippen LogP contribution < -0.4 is 4.74 Å². The van der Waals surface area contributed by atoms with Gasteiger partial charge in [0.05, 0.1) is 0 Å². The lowest BCUT2D eigenvalue weighted by Gasteiger charge is -2.16. The van der Waals surface area contributed by atoms with Crippen LogP contribution in [-0.4, -0.2) is 32.3 Å². The Bertz CT molecular complexity index is 555. The van der Waals surface area contributed by atoms with Gasteiger partial charge in [0.1, 0.15) is 11.9 Å². The first-order chi connectivity index (χ1) is 9.17. The quantitative estimate of drug-likeness (QED) is 0.822. The molecule has 2 rings (SSSR count). The van der Waals surface area contributed by atoms with Gasteiger partial charge in [-0.25, -0.2) is 9.97 Å². The van der Waals surface area contributed by atoms with Crippen molar-refractivity contribution < 1.29 is 4.74 Å². The van der Waals surface area contributed by atoms with Crippen LogP contribution in [0.4, 0.5) is 0 Å². The Balaban J connectivity index is 2.37. The zero-order valence-corrected chi connectivity index (χ0v) is 12.7. The second-order valence-corrected chi connectivity index (χ2v) is 5.25. The summed E-state index contributed by atoms with van der Waals surface area (Å²) in [6.07, 6.45) is 5.27. The third-order valence-electron chi connectivity index (χ3n) is 2.94. The molecule has 0 fully saturated rings. The fraction of sp³-hybridized carbons (Fsp3) is 0.615. The summed E-state index contributed by atoms with van der Waals surface area (Å²) in [6, 6.07) is 0. The van der Waals surface area contributed by atoms with Gasteiger partial charge in [0.25, 0.3) is 0 Å². The van der Waals surface area contributed by atoms with Gasteiger partial charge in [-0.1, -0.05) is 32.0 Å². The van der Waals surface area contributed by atoms with E-state index in [0.717, 1.165) is 35.6 Å². The first-order valence-corrected chi connectivity index (χ1v) is 7.85. The van der Waals surface area contributed by atoms with Gasteiger partial charge < -0.3 is 9.72 Å². The lowest BCUT2D eigenvalue weighted by atomic mass is 10.2. The van der Waals surface area contributed by atoms with Gasteiger partial charge in [-0.3, -0.25) is 0 Å². The van der Waals surface area contributed by atoms with Crippen LogP contribution >= 0.6 is 11.8 Å². The molecular formula is C13H20N4OS. The highest BCUT2D eigenvalue weighted by Crippen LogP contribution is 2.25. The van der Waals surface area contributed by atoms with Crippen LogP contribution in [0, 0.1) is 6.92 Å². The zero-order valence-electron chi connectivity index (χ0n) is 11.9. The minimum atomic E-state index is 0.192. The highest BCUT2D eigenvalue weighted by atomic mass is 32.2. The standard InChI is InChI=1S/C13H20N4OS/c1-5-7-9(6-2)18-12-10-11(14-8(3)15-12)17-13(16-10)19-4/h9H,5-7H2,1-4H3,(H,14,15,16,17)/t9-/m0/s1. The fourth-order valence-electron chi connectivity index (χ4n) is 1.96. The van der Waals surface area contributed by atoms with Crippen LogP contribution in [0.25, 0.3) is 11.2 Å². The number of imidazole rings is 1. The number of aryl methyl sites for hydroxylation is 1. The van der Waals surface area contributed by atoms with Crippen molar-refractivity contribution in [2.75, 3.05) is 6.26 Å². The maximum atomic E-state index is 6.01. The fourth-order valence-corrected chi connectivity index (χ4v) is 2.35. The van der Waals surface area contributed by atoms with E-state index in [0.29, 0.717) is 11.7 Å². The van der Waals surface area contributed by atoms with Gasteiger partial charge in [-0.2, -0.15) is 4.98 Å². The molecule has 0 aromatic carbocycles. The molecule has 0 spiro atoms. The molecule has 104 valence electrons. The van der Waals surface area contributed by atoms with Gasteiger partial charge in [-0.15, -0.1) is 0 Å². The van der Waals surface area contributed by atoms with Crippen LogP contribution in [0.1, 0.15) is 38.9 Å². The summed E-state index contributed by atoms with van der Waals surface area (Å²) in [4.78, 5) is 16.4.